The molecule has 0 bridgehead atoms. The second kappa shape index (κ2) is 10.1. The van der Waals surface area contributed by atoms with Crippen LogP contribution in [0.2, 0.25) is 0 Å². The molecule has 1 aromatic heterocycles. The van der Waals surface area contributed by atoms with E-state index in [0.717, 1.165) is 29.1 Å². The van der Waals surface area contributed by atoms with Crippen LogP contribution in [0, 0.1) is 32.4 Å². The highest BCUT2D eigenvalue weighted by Gasteiger charge is 2.12. The third kappa shape index (κ3) is 6.06. The van der Waals surface area contributed by atoms with Gasteiger partial charge in [-0.15, -0.1) is 0 Å². The zero-order valence-electron chi connectivity index (χ0n) is 18.8. The molecule has 33 heavy (non-hydrogen) atoms. The predicted molar refractivity (Wildman–Crippen MR) is 125 cm³/mol. The van der Waals surface area contributed by atoms with E-state index in [1.54, 1.807) is 38.1 Å². The number of aromatic nitrogens is 1. The normalized spacial score (nSPS) is 11.3. The third-order valence-electron chi connectivity index (χ3n) is 4.91. The zero-order chi connectivity index (χ0) is 24.1. The Morgan fingerprint density at radius 1 is 1.03 bits per heavy atom. The second-order valence-corrected chi connectivity index (χ2v) is 7.72. The monoisotopic (exact) mass is 450 g/mol. The minimum atomic E-state index is -1.01. The van der Waals surface area contributed by atoms with E-state index in [2.05, 4.69) is 15.3 Å². The third-order valence-corrected chi connectivity index (χ3v) is 4.91. The van der Waals surface area contributed by atoms with Gasteiger partial charge >= 0.3 is 0 Å². The van der Waals surface area contributed by atoms with E-state index >= 15 is 0 Å². The molecule has 0 spiro atoms. The predicted octanol–water partition coefficient (Wildman–Crippen LogP) is 5.18. The lowest BCUT2D eigenvalue weighted by molar-refractivity contribution is -0.115. The van der Waals surface area contributed by atoms with Gasteiger partial charge in [0, 0.05) is 28.8 Å². The summed E-state index contributed by atoms with van der Waals surface area (Å²) < 4.78 is 26.9. The molecule has 0 aliphatic carbocycles. The van der Waals surface area contributed by atoms with E-state index in [1.165, 1.54) is 4.90 Å². The van der Waals surface area contributed by atoms with Gasteiger partial charge in [-0.25, -0.2) is 13.8 Å². The van der Waals surface area contributed by atoms with Crippen LogP contribution in [0.3, 0.4) is 0 Å². The fraction of sp³-hybridized carbons (Fsp3) is 0.200. The van der Waals surface area contributed by atoms with Crippen molar-refractivity contribution in [3.63, 3.8) is 0 Å². The summed E-state index contributed by atoms with van der Waals surface area (Å²) >= 11 is 0. The highest BCUT2D eigenvalue weighted by atomic mass is 19.2. The first kappa shape index (κ1) is 23.7. The number of halogens is 2. The molecule has 0 aliphatic heterocycles. The Labute approximate surface area is 191 Å². The molecule has 0 fully saturated rings. The molecule has 2 aromatic carbocycles. The summed E-state index contributed by atoms with van der Waals surface area (Å²) in [5, 5.41) is 2.83. The van der Waals surface area contributed by atoms with Crippen LogP contribution in [0.1, 0.15) is 29.4 Å². The number of nitrogens with one attached hydrogen (secondary N) is 1. The van der Waals surface area contributed by atoms with Crippen molar-refractivity contribution in [2.75, 3.05) is 10.2 Å². The number of amides is 2. The van der Waals surface area contributed by atoms with Gasteiger partial charge < -0.3 is 5.32 Å². The Kier molecular flexibility index (Phi) is 7.27. The molecule has 0 unspecified atom stereocenters. The molecule has 170 valence electrons. The maximum atomic E-state index is 13.6. The molecule has 0 aliphatic rings. The lowest BCUT2D eigenvalue weighted by atomic mass is 10.1. The summed E-state index contributed by atoms with van der Waals surface area (Å²) in [7, 11) is 0. The highest BCUT2D eigenvalue weighted by molar-refractivity contribution is 6.09. The number of hydrogen-bond donors (Lipinski definition) is 1. The second-order valence-electron chi connectivity index (χ2n) is 7.72. The number of nitrogens with zero attached hydrogens (tertiary/aromatic N) is 3. The average molecular weight is 450 g/mol. The summed E-state index contributed by atoms with van der Waals surface area (Å²) in [4.78, 5) is 33.9. The first-order valence-electron chi connectivity index (χ1n) is 10.3. The van der Waals surface area contributed by atoms with Crippen molar-refractivity contribution in [3.8, 4) is 0 Å². The van der Waals surface area contributed by atoms with Gasteiger partial charge in [-0.05, 0) is 81.3 Å². The van der Waals surface area contributed by atoms with Gasteiger partial charge in [-0.3, -0.25) is 19.5 Å². The highest BCUT2D eigenvalue weighted by Crippen LogP contribution is 2.24. The number of carbonyl (C=O) groups is 2. The Morgan fingerprint density at radius 3 is 2.24 bits per heavy atom. The van der Waals surface area contributed by atoms with E-state index in [9.17, 15) is 18.4 Å². The molecule has 3 rings (SSSR count). The molecular weight excluding hydrogens is 426 g/mol. The smallest absolute Gasteiger partial charge is 0.228 e. The van der Waals surface area contributed by atoms with Gasteiger partial charge in [0.25, 0.3) is 0 Å². The zero-order valence-corrected chi connectivity index (χ0v) is 18.8. The number of aryl methyl sites for hydroxylation is 3. The van der Waals surface area contributed by atoms with Gasteiger partial charge in [0.1, 0.15) is 5.84 Å². The van der Waals surface area contributed by atoms with Gasteiger partial charge in [0.2, 0.25) is 12.3 Å². The van der Waals surface area contributed by atoms with Crippen LogP contribution in [-0.4, -0.2) is 23.1 Å². The van der Waals surface area contributed by atoms with Crippen LogP contribution in [-0.2, 0) is 16.0 Å². The van der Waals surface area contributed by atoms with Crippen LogP contribution in [0.15, 0.2) is 53.5 Å². The quantitative estimate of drug-likeness (QED) is 0.320. The molecule has 1 N–H and O–H groups in total. The standard InChI is InChI=1S/C25H24F2N4O2/c1-15-9-22(26)23(27)13-24(15)29-18(4)31(14-32)21-7-5-20(6-8-21)30-25(33)12-19-10-16(2)28-17(3)11-19/h5-11,13-14H,12H2,1-4H3,(H,30,33). The van der Waals surface area contributed by atoms with Crippen molar-refractivity contribution in [3.05, 3.63) is 82.7 Å². The Balaban J connectivity index is 1.72. The van der Waals surface area contributed by atoms with E-state index in [-0.39, 0.29) is 23.9 Å². The number of rotatable bonds is 6. The molecule has 8 heteroatoms. The number of aliphatic imine (C=N–C) groups is 1. The van der Waals surface area contributed by atoms with E-state index < -0.39 is 11.6 Å². The molecule has 0 radical (unpaired) electrons. The Hall–Kier alpha value is -3.94. The fourth-order valence-corrected chi connectivity index (χ4v) is 3.43. The molecule has 3 aromatic rings. The van der Waals surface area contributed by atoms with Crippen LogP contribution in [0.25, 0.3) is 0 Å². The van der Waals surface area contributed by atoms with Gasteiger partial charge in [0.15, 0.2) is 11.6 Å². The maximum absolute atomic E-state index is 13.6. The van der Waals surface area contributed by atoms with Crippen molar-refractivity contribution in [1.29, 1.82) is 0 Å². The molecule has 2 amide bonds. The summed E-state index contributed by atoms with van der Waals surface area (Å²) in [6.07, 6.45) is 0.793. The van der Waals surface area contributed by atoms with Gasteiger partial charge in [-0.1, -0.05) is 0 Å². The van der Waals surface area contributed by atoms with Gasteiger partial charge in [-0.2, -0.15) is 0 Å². The summed E-state index contributed by atoms with van der Waals surface area (Å²) in [6, 6.07) is 12.4. The first-order chi connectivity index (χ1) is 15.7. The number of carbonyl (C=O) groups excluding carboxylic acids is 2. The van der Waals surface area contributed by atoms with Crippen LogP contribution in [0.4, 0.5) is 25.8 Å². The lowest BCUT2D eigenvalue weighted by Gasteiger charge is -2.18. The summed E-state index contributed by atoms with van der Waals surface area (Å²) in [5.74, 6) is -1.86. The molecule has 0 saturated heterocycles. The fourth-order valence-electron chi connectivity index (χ4n) is 3.43. The Morgan fingerprint density at radius 2 is 1.64 bits per heavy atom. The van der Waals surface area contributed by atoms with E-state index in [0.29, 0.717) is 23.3 Å². The van der Waals surface area contributed by atoms with Crippen molar-refractivity contribution < 1.29 is 18.4 Å². The minimum Gasteiger partial charge on any atom is -0.326 e. The summed E-state index contributed by atoms with van der Waals surface area (Å²) in [5.41, 5.74) is 4.33. The van der Waals surface area contributed by atoms with E-state index in [4.69, 9.17) is 0 Å². The molecule has 6 nitrogen and oxygen atoms in total. The van der Waals surface area contributed by atoms with Crippen molar-refractivity contribution in [1.82, 2.24) is 4.98 Å². The van der Waals surface area contributed by atoms with Gasteiger partial charge in [0.05, 0.1) is 12.1 Å². The maximum Gasteiger partial charge on any atom is 0.228 e. The lowest BCUT2D eigenvalue weighted by Crippen LogP contribution is -2.26. The first-order valence-corrected chi connectivity index (χ1v) is 10.3. The Bertz CT molecular complexity index is 1200. The summed E-state index contributed by atoms with van der Waals surface area (Å²) in [6.45, 7) is 6.95. The largest absolute Gasteiger partial charge is 0.326 e. The number of benzene rings is 2. The number of pyridine rings is 1. The van der Waals surface area contributed by atoms with Crippen LogP contribution >= 0.6 is 0 Å². The number of anilines is 2. The van der Waals surface area contributed by atoms with Crippen LogP contribution < -0.4 is 10.2 Å². The number of hydrogen-bond acceptors (Lipinski definition) is 4. The van der Waals surface area contributed by atoms with Crippen molar-refractivity contribution in [2.45, 2.75) is 34.1 Å². The SMILES string of the molecule is CC(=Nc1cc(F)c(F)cc1C)N(C=O)c1ccc(NC(=O)Cc2cc(C)nc(C)c2)cc1. The molecule has 0 atom stereocenters. The average Bonchev–Trinajstić information content (AvgIpc) is 2.73. The van der Waals surface area contributed by atoms with Crippen LogP contribution in [0.5, 0.6) is 0 Å². The van der Waals surface area contributed by atoms with Crippen molar-refractivity contribution in [2.24, 2.45) is 4.99 Å². The van der Waals surface area contributed by atoms with Crippen molar-refractivity contribution >= 4 is 35.2 Å². The van der Waals surface area contributed by atoms with E-state index in [1.807, 2.05) is 26.0 Å². The number of amidine groups is 1. The molecular formula is C25H24F2N4O2. The minimum absolute atomic E-state index is 0.174. The molecule has 0 saturated carbocycles. The molecule has 1 heterocycles. The topological polar surface area (TPSA) is 74.7 Å².